The first-order chi connectivity index (χ1) is 20.4. The van der Waals surface area contributed by atoms with Crippen molar-refractivity contribution in [3.63, 3.8) is 0 Å². The van der Waals surface area contributed by atoms with Crippen LogP contribution in [-0.4, -0.2) is 64.2 Å². The normalized spacial score (nSPS) is 13.8. The van der Waals surface area contributed by atoms with Crippen LogP contribution in [0.4, 0.5) is 4.39 Å². The number of nitrogens with zero attached hydrogens (tertiary/aromatic N) is 1. The van der Waals surface area contributed by atoms with Gasteiger partial charge in [-0.3, -0.25) is 19.2 Å². The number of fused-ring (bicyclic) bond motifs is 2. The largest absolute Gasteiger partial charge is 0.504 e. The molecule has 1 aliphatic heterocycles. The third-order valence-electron chi connectivity index (χ3n) is 7.14. The molecule has 0 radical (unpaired) electrons. The number of phenolic OH excluding ortho intramolecular Hbond substituents is 1. The summed E-state index contributed by atoms with van der Waals surface area (Å²) in [5.74, 6) is -4.97. The van der Waals surface area contributed by atoms with Crippen molar-refractivity contribution in [1.29, 1.82) is 0 Å². The number of carboxylic acids is 2. The molecule has 0 fully saturated rings. The summed E-state index contributed by atoms with van der Waals surface area (Å²) in [6, 6.07) is 6.33. The van der Waals surface area contributed by atoms with Crippen molar-refractivity contribution in [2.24, 2.45) is 11.8 Å². The average Bonchev–Trinajstić information content (AvgIpc) is 3.57. The summed E-state index contributed by atoms with van der Waals surface area (Å²) >= 11 is 1.16. The number of hydrogen-bond donors (Lipinski definition) is 3. The van der Waals surface area contributed by atoms with Crippen LogP contribution in [0.5, 0.6) is 23.0 Å². The Kier molecular flexibility index (Phi) is 9.74. The Morgan fingerprint density at radius 2 is 1.60 bits per heavy atom. The van der Waals surface area contributed by atoms with Crippen LogP contribution in [0.3, 0.4) is 0 Å². The standard InChI is InChI=1S/C30H32FNO10S/c1-15(29(36)37)7-21(34)25-11-17-9-22(20(33)12-24(17)43-25)41-5-4-6-42-23-10-18-13-32(26(35)8-16(2)30(38)39)14-19(18)27(31)28(23)40-3/h9-12,15-16,33H,4-8,13-14H2,1-3H3,(H,36,37)(H,38,39). The van der Waals surface area contributed by atoms with Crippen LogP contribution >= 0.6 is 11.3 Å². The fraction of sp³-hybridized carbons (Fsp3) is 0.400. The van der Waals surface area contributed by atoms with E-state index in [9.17, 15) is 24.3 Å². The molecule has 0 saturated heterocycles. The van der Waals surface area contributed by atoms with Crippen molar-refractivity contribution in [3.05, 3.63) is 46.1 Å². The number of hydrogen-bond acceptors (Lipinski definition) is 9. The highest BCUT2D eigenvalue weighted by Crippen LogP contribution is 2.39. The van der Waals surface area contributed by atoms with Gasteiger partial charge in [-0.15, -0.1) is 11.3 Å². The Labute approximate surface area is 250 Å². The number of carbonyl (C=O) groups is 4. The third-order valence-corrected chi connectivity index (χ3v) is 8.28. The molecule has 13 heteroatoms. The monoisotopic (exact) mass is 617 g/mol. The Morgan fingerprint density at radius 1 is 0.953 bits per heavy atom. The molecule has 2 unspecified atom stereocenters. The van der Waals surface area contributed by atoms with Gasteiger partial charge in [0, 0.05) is 48.7 Å². The van der Waals surface area contributed by atoms with Crippen molar-refractivity contribution in [2.45, 2.75) is 46.2 Å². The van der Waals surface area contributed by atoms with Crippen LogP contribution in [0.15, 0.2) is 24.3 Å². The number of benzene rings is 2. The number of halogens is 1. The molecule has 1 aliphatic rings. The van der Waals surface area contributed by atoms with E-state index < -0.39 is 29.6 Å². The molecule has 43 heavy (non-hydrogen) atoms. The number of carbonyl (C=O) groups excluding carboxylic acids is 2. The zero-order chi connectivity index (χ0) is 31.4. The second kappa shape index (κ2) is 13.3. The molecule has 4 rings (SSSR count). The molecule has 1 amide bonds. The molecule has 3 aromatic rings. The van der Waals surface area contributed by atoms with Gasteiger partial charge in [0.25, 0.3) is 0 Å². The lowest BCUT2D eigenvalue weighted by Crippen LogP contribution is -2.28. The van der Waals surface area contributed by atoms with Crippen LogP contribution in [0.25, 0.3) is 10.1 Å². The van der Waals surface area contributed by atoms with Crippen LogP contribution in [0.2, 0.25) is 0 Å². The van der Waals surface area contributed by atoms with Crippen molar-refractivity contribution in [2.75, 3.05) is 20.3 Å². The molecule has 0 aliphatic carbocycles. The van der Waals surface area contributed by atoms with E-state index in [1.165, 1.54) is 31.9 Å². The van der Waals surface area contributed by atoms with Crippen LogP contribution in [0, 0.1) is 17.7 Å². The molecule has 0 bridgehead atoms. The number of aliphatic carboxylic acids is 2. The second-order valence-electron chi connectivity index (χ2n) is 10.4. The molecule has 2 aromatic carbocycles. The van der Waals surface area contributed by atoms with E-state index >= 15 is 4.39 Å². The summed E-state index contributed by atoms with van der Waals surface area (Å²) < 4.78 is 32.6. The minimum Gasteiger partial charge on any atom is -0.504 e. The van der Waals surface area contributed by atoms with E-state index in [0.29, 0.717) is 32.5 Å². The van der Waals surface area contributed by atoms with Gasteiger partial charge in [-0.25, -0.2) is 4.39 Å². The first-order valence-corrected chi connectivity index (χ1v) is 14.4. The second-order valence-corrected chi connectivity index (χ2v) is 11.5. The number of aromatic hydroxyl groups is 1. The van der Waals surface area contributed by atoms with Gasteiger partial charge in [-0.05, 0) is 29.1 Å². The van der Waals surface area contributed by atoms with Crippen molar-refractivity contribution in [3.8, 4) is 23.0 Å². The summed E-state index contributed by atoms with van der Waals surface area (Å²) in [5, 5.41) is 29.2. The smallest absolute Gasteiger partial charge is 0.306 e. The summed E-state index contributed by atoms with van der Waals surface area (Å²) in [6.45, 7) is 3.30. The highest BCUT2D eigenvalue weighted by molar-refractivity contribution is 7.20. The van der Waals surface area contributed by atoms with Gasteiger partial charge in [0.2, 0.25) is 5.91 Å². The molecule has 3 N–H and O–H groups in total. The lowest BCUT2D eigenvalue weighted by atomic mass is 10.0. The first kappa shape index (κ1) is 31.5. The minimum atomic E-state index is -1.08. The molecule has 1 aromatic heterocycles. The number of rotatable bonds is 14. The van der Waals surface area contributed by atoms with Crippen molar-refractivity contribution < 1.29 is 53.1 Å². The average molecular weight is 618 g/mol. The number of phenols is 1. The molecule has 0 spiro atoms. The van der Waals surface area contributed by atoms with Gasteiger partial charge in [0.05, 0.1) is 37.0 Å². The zero-order valence-electron chi connectivity index (χ0n) is 23.8. The quantitative estimate of drug-likeness (QED) is 0.169. The molecule has 2 heterocycles. The number of ketones is 1. The van der Waals surface area contributed by atoms with Crippen molar-refractivity contribution >= 4 is 45.1 Å². The Morgan fingerprint density at radius 3 is 2.26 bits per heavy atom. The SMILES string of the molecule is COc1c(OCCCOc2cc3cc(C(=O)CC(C)C(=O)O)sc3cc2O)cc2c(c1F)CN(C(=O)CC(C)C(=O)O)C2. The predicted molar refractivity (Wildman–Crippen MR) is 153 cm³/mol. The van der Waals surface area contributed by atoms with Crippen molar-refractivity contribution in [1.82, 2.24) is 4.90 Å². The summed E-state index contributed by atoms with van der Waals surface area (Å²) in [5.41, 5.74) is 0.842. The molecule has 0 saturated carbocycles. The zero-order valence-corrected chi connectivity index (χ0v) is 24.7. The van der Waals surface area contributed by atoms with E-state index in [2.05, 4.69) is 0 Å². The Balaban J connectivity index is 1.34. The fourth-order valence-corrected chi connectivity index (χ4v) is 5.64. The van der Waals surface area contributed by atoms with Gasteiger partial charge in [-0.2, -0.15) is 0 Å². The summed E-state index contributed by atoms with van der Waals surface area (Å²) in [4.78, 5) is 49.0. The van der Waals surface area contributed by atoms with E-state index in [1.807, 2.05) is 0 Å². The molecular weight excluding hydrogens is 585 g/mol. The number of carboxylic acid groups (broad SMARTS) is 2. The molecule has 230 valence electrons. The molecule has 2 atom stereocenters. The summed E-state index contributed by atoms with van der Waals surface area (Å²) in [7, 11) is 1.31. The molecular formula is C30H32FNO10S. The van der Waals surface area contributed by atoms with Crippen LogP contribution < -0.4 is 14.2 Å². The Hall–Kier alpha value is -4.39. The van der Waals surface area contributed by atoms with Gasteiger partial charge >= 0.3 is 11.9 Å². The van der Waals surface area contributed by atoms with Gasteiger partial charge in [0.15, 0.2) is 34.6 Å². The van der Waals surface area contributed by atoms with E-state index in [1.54, 1.807) is 18.2 Å². The highest BCUT2D eigenvalue weighted by Gasteiger charge is 2.31. The van der Waals surface area contributed by atoms with E-state index in [-0.39, 0.29) is 73.8 Å². The predicted octanol–water partition coefficient (Wildman–Crippen LogP) is 4.85. The van der Waals surface area contributed by atoms with E-state index in [4.69, 9.17) is 24.4 Å². The number of thiophene rings is 1. The van der Waals surface area contributed by atoms with Crippen LogP contribution in [-0.2, 0) is 27.5 Å². The highest BCUT2D eigenvalue weighted by atomic mass is 32.1. The van der Waals surface area contributed by atoms with Gasteiger partial charge in [0.1, 0.15) is 0 Å². The third kappa shape index (κ3) is 7.16. The number of amides is 1. The Bertz CT molecular complexity index is 1570. The van der Waals surface area contributed by atoms with Crippen LogP contribution in [0.1, 0.15) is 53.9 Å². The van der Waals surface area contributed by atoms with Gasteiger partial charge < -0.3 is 34.4 Å². The maximum Gasteiger partial charge on any atom is 0.306 e. The lowest BCUT2D eigenvalue weighted by Gasteiger charge is -2.16. The molecule has 11 nitrogen and oxygen atoms in total. The maximum atomic E-state index is 15.2. The minimum absolute atomic E-state index is 0.00585. The fourth-order valence-electron chi connectivity index (χ4n) is 4.61. The van der Waals surface area contributed by atoms with Gasteiger partial charge in [-0.1, -0.05) is 13.8 Å². The topological polar surface area (TPSA) is 160 Å². The first-order valence-electron chi connectivity index (χ1n) is 13.6. The lowest BCUT2D eigenvalue weighted by molar-refractivity contribution is -0.145. The maximum absolute atomic E-state index is 15.2. The number of methoxy groups -OCH3 is 1. The van der Waals surface area contributed by atoms with E-state index in [0.717, 1.165) is 11.3 Å². The number of Topliss-reactive ketones (excluding diaryl/α,β-unsaturated/α-hetero) is 1. The number of ether oxygens (including phenoxy) is 3. The summed E-state index contributed by atoms with van der Waals surface area (Å²) in [6.07, 6.45) is 0.0437.